The minimum absolute atomic E-state index is 0.165. The van der Waals surface area contributed by atoms with Crippen LogP contribution in [0.1, 0.15) is 19.2 Å². The third kappa shape index (κ3) is 2.94. The number of carboxylic acid groups (broad SMARTS) is 1. The second-order valence-corrected chi connectivity index (χ2v) is 5.67. The Labute approximate surface area is 132 Å². The molecule has 1 heterocycles. The Morgan fingerprint density at radius 1 is 1.35 bits per heavy atom. The number of carbonyl (C=O) groups excluding carboxylic acids is 1. The van der Waals surface area contributed by atoms with Gasteiger partial charge in [0, 0.05) is 6.54 Å². The van der Waals surface area contributed by atoms with Crippen LogP contribution >= 0.6 is 0 Å². The Balaban J connectivity index is 1.81. The third-order valence-electron chi connectivity index (χ3n) is 4.12. The van der Waals surface area contributed by atoms with Crippen LogP contribution in [0.3, 0.4) is 0 Å². The second-order valence-electron chi connectivity index (χ2n) is 5.67. The molecule has 1 fully saturated rings. The van der Waals surface area contributed by atoms with E-state index < -0.39 is 17.8 Å². The predicted molar refractivity (Wildman–Crippen MR) is 82.7 cm³/mol. The molecule has 0 saturated heterocycles. The molecule has 1 aromatic carbocycles. The summed E-state index contributed by atoms with van der Waals surface area (Å²) >= 11 is 0. The van der Waals surface area contributed by atoms with Crippen molar-refractivity contribution in [1.29, 1.82) is 0 Å². The number of aromatic nitrogens is 2. The van der Waals surface area contributed by atoms with Crippen LogP contribution in [0.15, 0.2) is 29.1 Å². The van der Waals surface area contributed by atoms with Crippen LogP contribution in [0.4, 0.5) is 0 Å². The number of amides is 1. The molecule has 120 valence electrons. The first kappa shape index (κ1) is 15.2. The molecular formula is C16H17N3O4. The normalized spacial score (nSPS) is 19.5. The van der Waals surface area contributed by atoms with Crippen LogP contribution < -0.4 is 5.56 Å². The molecule has 0 bridgehead atoms. The summed E-state index contributed by atoms with van der Waals surface area (Å²) in [7, 11) is 0. The van der Waals surface area contributed by atoms with Crippen molar-refractivity contribution in [3.63, 3.8) is 0 Å². The zero-order chi connectivity index (χ0) is 16.6. The lowest BCUT2D eigenvalue weighted by molar-refractivity contribution is -0.142. The van der Waals surface area contributed by atoms with Crippen LogP contribution in [0.25, 0.3) is 10.9 Å². The number of carboxylic acids is 1. The van der Waals surface area contributed by atoms with Gasteiger partial charge in [-0.1, -0.05) is 12.1 Å². The lowest BCUT2D eigenvalue weighted by Gasteiger charge is -2.20. The lowest BCUT2D eigenvalue weighted by atomic mass is 10.2. The molecule has 2 N–H and O–H groups in total. The van der Waals surface area contributed by atoms with Crippen LogP contribution in [0.5, 0.6) is 0 Å². The number of para-hydroxylation sites is 1. The van der Waals surface area contributed by atoms with Crippen molar-refractivity contribution in [3.8, 4) is 0 Å². The second kappa shape index (κ2) is 5.83. The number of fused-ring (bicyclic) bond motifs is 1. The minimum atomic E-state index is -0.934. The first-order valence-electron chi connectivity index (χ1n) is 7.50. The number of hydrogen-bond acceptors (Lipinski definition) is 4. The van der Waals surface area contributed by atoms with Crippen molar-refractivity contribution < 1.29 is 14.7 Å². The summed E-state index contributed by atoms with van der Waals surface area (Å²) in [4.78, 5) is 43.9. The Bertz CT molecular complexity index is 829. The van der Waals surface area contributed by atoms with Gasteiger partial charge < -0.3 is 15.0 Å². The number of benzene rings is 1. The summed E-state index contributed by atoms with van der Waals surface area (Å²) in [5, 5.41) is 9.44. The molecule has 7 heteroatoms. The highest BCUT2D eigenvalue weighted by atomic mass is 16.4. The molecule has 0 spiro atoms. The van der Waals surface area contributed by atoms with Gasteiger partial charge in [0.05, 0.1) is 29.3 Å². The Kier molecular flexibility index (Phi) is 3.85. The maximum Gasteiger partial charge on any atom is 0.307 e. The number of nitrogens with one attached hydrogen (secondary N) is 1. The Morgan fingerprint density at radius 3 is 2.74 bits per heavy atom. The molecule has 1 aliphatic carbocycles. The molecule has 0 radical (unpaired) electrons. The standard InChI is InChI=1S/C16H17N3O4/c1-2-19(15(21)10-7-11(10)16(22)23)8-13-17-12-6-4-3-5-9(12)14(20)18-13/h3-6,10-11H,2,7-8H2,1H3,(H,22,23)(H,17,18,20). The van der Waals surface area contributed by atoms with E-state index >= 15 is 0 Å². The van der Waals surface area contributed by atoms with E-state index in [0.717, 1.165) is 0 Å². The molecule has 2 aromatic rings. The molecule has 1 saturated carbocycles. The van der Waals surface area contributed by atoms with E-state index in [1.54, 1.807) is 24.3 Å². The first-order valence-corrected chi connectivity index (χ1v) is 7.50. The van der Waals surface area contributed by atoms with E-state index in [0.29, 0.717) is 29.7 Å². The van der Waals surface area contributed by atoms with Gasteiger partial charge in [0.25, 0.3) is 5.56 Å². The maximum atomic E-state index is 12.3. The van der Waals surface area contributed by atoms with E-state index in [9.17, 15) is 14.4 Å². The summed E-state index contributed by atoms with van der Waals surface area (Å²) in [6.07, 6.45) is 0.381. The van der Waals surface area contributed by atoms with Crippen LogP contribution in [-0.4, -0.2) is 38.4 Å². The fourth-order valence-corrected chi connectivity index (χ4v) is 2.71. The van der Waals surface area contributed by atoms with Crippen molar-refractivity contribution in [3.05, 3.63) is 40.4 Å². The fourth-order valence-electron chi connectivity index (χ4n) is 2.71. The van der Waals surface area contributed by atoms with Gasteiger partial charge in [0.2, 0.25) is 5.91 Å². The summed E-state index contributed by atoms with van der Waals surface area (Å²) in [5.74, 6) is -1.77. The highest BCUT2D eigenvalue weighted by Gasteiger charge is 2.49. The molecule has 23 heavy (non-hydrogen) atoms. The van der Waals surface area contributed by atoms with Gasteiger partial charge in [-0.3, -0.25) is 14.4 Å². The number of H-pyrrole nitrogens is 1. The number of aromatic amines is 1. The van der Waals surface area contributed by atoms with Crippen molar-refractivity contribution >= 4 is 22.8 Å². The highest BCUT2D eigenvalue weighted by Crippen LogP contribution is 2.40. The molecule has 3 rings (SSSR count). The molecular weight excluding hydrogens is 298 g/mol. The smallest absolute Gasteiger partial charge is 0.307 e. The Hall–Kier alpha value is -2.70. The number of hydrogen-bond donors (Lipinski definition) is 2. The predicted octanol–water partition coefficient (Wildman–Crippen LogP) is 0.992. The number of nitrogens with zero attached hydrogens (tertiary/aromatic N) is 2. The monoisotopic (exact) mass is 315 g/mol. The van der Waals surface area contributed by atoms with Crippen LogP contribution in [-0.2, 0) is 16.1 Å². The van der Waals surface area contributed by atoms with E-state index in [1.165, 1.54) is 4.90 Å². The van der Waals surface area contributed by atoms with Crippen molar-refractivity contribution in [2.45, 2.75) is 19.9 Å². The summed E-state index contributed by atoms with van der Waals surface area (Å²) in [5.41, 5.74) is 0.327. The molecule has 0 aliphatic heterocycles. The van der Waals surface area contributed by atoms with Crippen LogP contribution in [0.2, 0.25) is 0 Å². The minimum Gasteiger partial charge on any atom is -0.481 e. The third-order valence-corrected chi connectivity index (χ3v) is 4.12. The van der Waals surface area contributed by atoms with E-state index in [4.69, 9.17) is 5.11 Å². The average molecular weight is 315 g/mol. The fraction of sp³-hybridized carbons (Fsp3) is 0.375. The largest absolute Gasteiger partial charge is 0.481 e. The van der Waals surface area contributed by atoms with Gasteiger partial charge in [-0.2, -0.15) is 0 Å². The molecule has 1 aliphatic rings. The first-order chi connectivity index (χ1) is 11.0. The van der Waals surface area contributed by atoms with Crippen LogP contribution in [0, 0.1) is 11.8 Å². The SMILES string of the molecule is CCN(Cc1nc2ccccc2c(=O)[nH]1)C(=O)C1CC1C(=O)O. The molecule has 2 atom stereocenters. The van der Waals surface area contributed by atoms with Gasteiger partial charge in [0.15, 0.2) is 0 Å². The topological polar surface area (TPSA) is 103 Å². The van der Waals surface area contributed by atoms with E-state index in [2.05, 4.69) is 9.97 Å². The number of carbonyl (C=O) groups is 2. The highest BCUT2D eigenvalue weighted by molar-refractivity contribution is 5.89. The van der Waals surface area contributed by atoms with E-state index in [-0.39, 0.29) is 18.0 Å². The van der Waals surface area contributed by atoms with Crippen molar-refractivity contribution in [1.82, 2.24) is 14.9 Å². The zero-order valence-electron chi connectivity index (χ0n) is 12.7. The zero-order valence-corrected chi connectivity index (χ0v) is 12.7. The molecule has 1 amide bonds. The summed E-state index contributed by atoms with van der Waals surface area (Å²) < 4.78 is 0. The van der Waals surface area contributed by atoms with Gasteiger partial charge in [-0.25, -0.2) is 4.98 Å². The van der Waals surface area contributed by atoms with Crippen molar-refractivity contribution in [2.24, 2.45) is 11.8 Å². The van der Waals surface area contributed by atoms with Gasteiger partial charge in [-0.05, 0) is 25.5 Å². The summed E-state index contributed by atoms with van der Waals surface area (Å²) in [6.45, 7) is 2.41. The van der Waals surface area contributed by atoms with Gasteiger partial charge in [0.1, 0.15) is 5.82 Å². The number of rotatable bonds is 5. The van der Waals surface area contributed by atoms with E-state index in [1.807, 2.05) is 6.92 Å². The molecule has 1 aromatic heterocycles. The van der Waals surface area contributed by atoms with Gasteiger partial charge in [-0.15, -0.1) is 0 Å². The lowest BCUT2D eigenvalue weighted by Crippen LogP contribution is -2.33. The average Bonchev–Trinajstić information content (AvgIpc) is 3.33. The quantitative estimate of drug-likeness (QED) is 0.856. The van der Waals surface area contributed by atoms with Gasteiger partial charge >= 0.3 is 5.97 Å². The molecule has 2 unspecified atom stereocenters. The number of aliphatic carboxylic acids is 1. The Morgan fingerprint density at radius 2 is 2.09 bits per heavy atom. The molecule has 7 nitrogen and oxygen atoms in total. The van der Waals surface area contributed by atoms with Crippen molar-refractivity contribution in [2.75, 3.05) is 6.54 Å². The summed E-state index contributed by atoms with van der Waals surface area (Å²) in [6, 6.07) is 6.99. The maximum absolute atomic E-state index is 12.3.